The number of aromatic nitrogens is 6. The Labute approximate surface area is 162 Å². The first kappa shape index (κ1) is 17.9. The van der Waals surface area contributed by atoms with Crippen LogP contribution >= 0.6 is 0 Å². The number of nitrogens with one attached hydrogen (secondary N) is 1. The first-order valence-corrected chi connectivity index (χ1v) is 9.14. The van der Waals surface area contributed by atoms with E-state index in [-0.39, 0.29) is 18.0 Å². The van der Waals surface area contributed by atoms with Crippen LogP contribution in [0.2, 0.25) is 0 Å². The van der Waals surface area contributed by atoms with Crippen molar-refractivity contribution in [1.29, 1.82) is 0 Å². The maximum atomic E-state index is 12.6. The Morgan fingerprint density at radius 1 is 1.28 bits per heavy atom. The third-order valence-electron chi connectivity index (χ3n) is 5.42. The summed E-state index contributed by atoms with van der Waals surface area (Å²) in [7, 11) is 1.79. The Hall–Kier alpha value is -3.18. The molecule has 2 aliphatic heterocycles. The molecule has 0 saturated carbocycles. The van der Waals surface area contributed by atoms with Crippen molar-refractivity contribution in [3.8, 4) is 11.3 Å². The van der Waals surface area contributed by atoms with Gasteiger partial charge in [0.1, 0.15) is 29.3 Å². The number of anilines is 1. The molecular formula is C17H17F3N8O. The molecule has 29 heavy (non-hydrogen) atoms. The van der Waals surface area contributed by atoms with Crippen LogP contribution in [0.1, 0.15) is 12.8 Å². The maximum absolute atomic E-state index is 12.6. The summed E-state index contributed by atoms with van der Waals surface area (Å²) in [4.78, 5) is 25.2. The molecule has 0 spiro atoms. The molecule has 1 amide bonds. The molecular weight excluding hydrogens is 389 g/mol. The number of likely N-dealkylation sites (N-methyl/N-ethyl adjacent to an activating group) is 1. The fourth-order valence-corrected chi connectivity index (χ4v) is 4.15. The Morgan fingerprint density at radius 2 is 2.10 bits per heavy atom. The minimum atomic E-state index is -4.36. The minimum Gasteiger partial charge on any atom is -0.342 e. The lowest BCUT2D eigenvalue weighted by molar-refractivity contribution is -0.142. The number of halogens is 3. The van der Waals surface area contributed by atoms with Gasteiger partial charge in [-0.1, -0.05) is 0 Å². The molecule has 12 heteroatoms. The van der Waals surface area contributed by atoms with Gasteiger partial charge < -0.3 is 9.80 Å². The number of carbonyl (C=O) groups excluding carboxylic acids is 1. The van der Waals surface area contributed by atoms with E-state index in [0.717, 1.165) is 17.5 Å². The number of carbonyl (C=O) groups is 1. The van der Waals surface area contributed by atoms with Crippen LogP contribution in [-0.4, -0.2) is 72.6 Å². The number of hydrogen-bond acceptors (Lipinski definition) is 6. The molecule has 5 heterocycles. The van der Waals surface area contributed by atoms with Crippen molar-refractivity contribution in [2.75, 3.05) is 18.5 Å². The second-order valence-electron chi connectivity index (χ2n) is 7.42. The van der Waals surface area contributed by atoms with Crippen molar-refractivity contribution in [3.63, 3.8) is 0 Å². The maximum Gasteiger partial charge on any atom is 0.408 e. The van der Waals surface area contributed by atoms with Crippen molar-refractivity contribution in [1.82, 2.24) is 34.8 Å². The molecule has 2 atom stereocenters. The van der Waals surface area contributed by atoms with E-state index in [4.69, 9.17) is 0 Å². The van der Waals surface area contributed by atoms with E-state index in [1.54, 1.807) is 18.1 Å². The zero-order chi connectivity index (χ0) is 20.3. The summed E-state index contributed by atoms with van der Waals surface area (Å²) in [5.41, 5.74) is 1.85. The second-order valence-corrected chi connectivity index (χ2v) is 7.42. The summed E-state index contributed by atoms with van der Waals surface area (Å²) in [5.74, 6) is 0.472. The van der Waals surface area contributed by atoms with Gasteiger partial charge in [0.15, 0.2) is 0 Å². The fourth-order valence-electron chi connectivity index (χ4n) is 4.15. The lowest BCUT2D eigenvalue weighted by atomic mass is 10.2. The van der Waals surface area contributed by atoms with Gasteiger partial charge in [0.2, 0.25) is 11.9 Å². The molecule has 0 aromatic carbocycles. The van der Waals surface area contributed by atoms with Crippen LogP contribution in [0.3, 0.4) is 0 Å². The van der Waals surface area contributed by atoms with E-state index in [2.05, 4.69) is 25.3 Å². The Bertz CT molecular complexity index is 1090. The highest BCUT2D eigenvalue weighted by Gasteiger charge is 2.45. The highest BCUT2D eigenvalue weighted by Crippen LogP contribution is 2.34. The lowest BCUT2D eigenvalue weighted by Gasteiger charge is -2.38. The van der Waals surface area contributed by atoms with E-state index in [0.29, 0.717) is 34.8 Å². The van der Waals surface area contributed by atoms with Crippen molar-refractivity contribution >= 4 is 22.9 Å². The predicted octanol–water partition coefficient (Wildman–Crippen LogP) is 1.59. The number of hydrogen-bond donors (Lipinski definition) is 1. The highest BCUT2D eigenvalue weighted by atomic mass is 19.4. The first-order chi connectivity index (χ1) is 13.8. The number of fused-ring (bicyclic) bond motifs is 3. The molecule has 152 valence electrons. The standard InChI is InChI=1S/C17H17F3N8O/c1-26-7-10-2-3-12(15(26)29)28(10)16-21-5-11-14(23-16)13(25-24-11)9-4-22-27(6-9)8-17(18,19)20/h4-6,10,12H,2-3,7-8H2,1H3,(H,24,25). The Morgan fingerprint density at radius 3 is 2.90 bits per heavy atom. The second kappa shape index (κ2) is 6.16. The van der Waals surface area contributed by atoms with Crippen LogP contribution in [0.15, 0.2) is 18.6 Å². The molecule has 3 aromatic rings. The average Bonchev–Trinajstić information content (AvgIpc) is 3.34. The van der Waals surface area contributed by atoms with Crippen molar-refractivity contribution in [2.24, 2.45) is 0 Å². The third-order valence-corrected chi connectivity index (χ3v) is 5.42. The summed E-state index contributed by atoms with van der Waals surface area (Å²) in [6.07, 6.45) is 1.46. The zero-order valence-electron chi connectivity index (χ0n) is 15.4. The summed E-state index contributed by atoms with van der Waals surface area (Å²) in [5, 5.41) is 10.8. The van der Waals surface area contributed by atoms with Gasteiger partial charge in [-0.2, -0.15) is 23.4 Å². The summed E-state index contributed by atoms with van der Waals surface area (Å²) in [6, 6.07) is -0.147. The van der Waals surface area contributed by atoms with Gasteiger partial charge >= 0.3 is 6.18 Å². The fraction of sp³-hybridized carbons (Fsp3) is 0.471. The SMILES string of the molecule is CN1CC2CCC(C1=O)N2c1ncc2[nH]nc(-c3cnn(CC(F)(F)F)c3)c2n1. The van der Waals surface area contributed by atoms with Crippen LogP contribution in [0, 0.1) is 0 Å². The van der Waals surface area contributed by atoms with E-state index in [9.17, 15) is 18.0 Å². The van der Waals surface area contributed by atoms with Gasteiger partial charge in [0, 0.05) is 25.4 Å². The van der Waals surface area contributed by atoms with Crippen LogP contribution in [0.25, 0.3) is 22.3 Å². The van der Waals surface area contributed by atoms with Gasteiger partial charge in [-0.25, -0.2) is 9.97 Å². The molecule has 3 aromatic heterocycles. The monoisotopic (exact) mass is 406 g/mol. The van der Waals surface area contributed by atoms with Crippen molar-refractivity contribution in [3.05, 3.63) is 18.6 Å². The van der Waals surface area contributed by atoms with E-state index < -0.39 is 12.7 Å². The van der Waals surface area contributed by atoms with E-state index in [1.807, 2.05) is 4.90 Å². The van der Waals surface area contributed by atoms with Gasteiger partial charge in [0.05, 0.1) is 18.4 Å². The van der Waals surface area contributed by atoms with Gasteiger partial charge in [-0.05, 0) is 12.8 Å². The molecule has 2 fully saturated rings. The normalized spacial score (nSPS) is 22.1. The average molecular weight is 406 g/mol. The lowest BCUT2D eigenvalue weighted by Crippen LogP contribution is -2.56. The highest BCUT2D eigenvalue weighted by molar-refractivity contribution is 5.91. The van der Waals surface area contributed by atoms with Crippen molar-refractivity contribution < 1.29 is 18.0 Å². The Kier molecular flexibility index (Phi) is 3.80. The van der Waals surface area contributed by atoms with Crippen LogP contribution < -0.4 is 4.90 Å². The molecule has 2 aliphatic rings. The summed E-state index contributed by atoms with van der Waals surface area (Å²) in [6.45, 7) is -0.568. The number of nitrogens with zero attached hydrogens (tertiary/aromatic N) is 7. The van der Waals surface area contributed by atoms with Crippen LogP contribution in [0.4, 0.5) is 19.1 Å². The molecule has 0 aliphatic carbocycles. The zero-order valence-corrected chi connectivity index (χ0v) is 15.4. The quantitative estimate of drug-likeness (QED) is 0.710. The number of amides is 1. The van der Waals surface area contributed by atoms with Gasteiger partial charge in [0.25, 0.3) is 0 Å². The minimum absolute atomic E-state index is 0.0447. The topological polar surface area (TPSA) is 95.8 Å². The molecule has 1 N–H and O–H groups in total. The number of aromatic amines is 1. The molecule has 2 saturated heterocycles. The van der Waals surface area contributed by atoms with Gasteiger partial charge in [-0.15, -0.1) is 0 Å². The van der Waals surface area contributed by atoms with Crippen LogP contribution in [0.5, 0.6) is 0 Å². The number of piperazine rings is 1. The van der Waals surface area contributed by atoms with E-state index >= 15 is 0 Å². The van der Waals surface area contributed by atoms with Crippen molar-refractivity contribution in [2.45, 2.75) is 37.6 Å². The first-order valence-electron chi connectivity index (χ1n) is 9.14. The molecule has 9 nitrogen and oxygen atoms in total. The third kappa shape index (κ3) is 2.98. The summed E-state index contributed by atoms with van der Waals surface area (Å²) >= 11 is 0. The molecule has 2 bridgehead atoms. The predicted molar refractivity (Wildman–Crippen MR) is 95.9 cm³/mol. The number of rotatable bonds is 3. The largest absolute Gasteiger partial charge is 0.408 e. The number of H-pyrrole nitrogens is 1. The molecule has 5 rings (SSSR count). The number of likely N-dealkylation sites (tertiary alicyclic amines) is 1. The smallest absolute Gasteiger partial charge is 0.342 e. The summed E-state index contributed by atoms with van der Waals surface area (Å²) < 4.78 is 38.6. The van der Waals surface area contributed by atoms with Gasteiger partial charge in [-0.3, -0.25) is 14.6 Å². The van der Waals surface area contributed by atoms with Crippen LogP contribution in [-0.2, 0) is 11.3 Å². The molecule has 2 unspecified atom stereocenters. The molecule has 0 radical (unpaired) electrons. The van der Waals surface area contributed by atoms with E-state index in [1.165, 1.54) is 12.4 Å². The number of alkyl halides is 3. The Balaban J connectivity index is 1.51.